The predicted molar refractivity (Wildman–Crippen MR) is 127 cm³/mol. The second-order valence-corrected chi connectivity index (χ2v) is 9.22. The van der Waals surface area contributed by atoms with E-state index in [1.807, 2.05) is 0 Å². The molecule has 2 aliphatic rings. The monoisotopic (exact) mass is 505 g/mol. The largest absolute Gasteiger partial charge is 0.495 e. The zero-order valence-electron chi connectivity index (χ0n) is 18.9. The van der Waals surface area contributed by atoms with E-state index in [4.69, 9.17) is 16.3 Å². The summed E-state index contributed by atoms with van der Waals surface area (Å²) >= 11 is 6.31. The first-order chi connectivity index (χ1) is 16.7. The summed E-state index contributed by atoms with van der Waals surface area (Å²) in [5, 5.41) is 14.7. The number of fused-ring (bicyclic) bond motifs is 1. The Hall–Kier alpha value is -3.04. The van der Waals surface area contributed by atoms with Crippen molar-refractivity contribution in [3.63, 3.8) is 0 Å². The van der Waals surface area contributed by atoms with E-state index in [-0.39, 0.29) is 5.69 Å². The molecule has 0 amide bonds. The Morgan fingerprint density at radius 2 is 1.91 bits per heavy atom. The van der Waals surface area contributed by atoms with Gasteiger partial charge in [0.25, 0.3) is 5.56 Å². The molecule has 6 nitrogen and oxygen atoms in total. The molecule has 35 heavy (non-hydrogen) atoms. The number of aliphatic hydroxyl groups excluding tert-OH is 1. The minimum Gasteiger partial charge on any atom is -0.495 e. The summed E-state index contributed by atoms with van der Waals surface area (Å²) in [5.74, 6) is 0.459. The van der Waals surface area contributed by atoms with Crippen molar-refractivity contribution >= 4 is 17.3 Å². The van der Waals surface area contributed by atoms with Crippen molar-refractivity contribution in [3.05, 3.63) is 68.5 Å². The van der Waals surface area contributed by atoms with Crippen LogP contribution in [0, 0.1) is 0 Å². The lowest BCUT2D eigenvalue weighted by atomic mass is 10.0. The number of halogens is 4. The number of aliphatic hydroxyl groups is 1. The Bertz CT molecular complexity index is 1360. The van der Waals surface area contributed by atoms with Gasteiger partial charge in [0, 0.05) is 29.9 Å². The SMILES string of the molecule is COc1ccc(-c2nn(-c3cc(N4CC[C@H](O)C4)ccc3C(F)(F)F)c(=O)c3c2CCC3)cc1Cl. The maximum atomic E-state index is 14.0. The van der Waals surface area contributed by atoms with Crippen LogP contribution in [0.2, 0.25) is 5.02 Å². The fraction of sp³-hybridized carbons (Fsp3) is 0.360. The first-order valence-corrected chi connectivity index (χ1v) is 11.7. The first kappa shape index (κ1) is 23.7. The molecule has 0 bridgehead atoms. The zero-order chi connectivity index (χ0) is 24.9. The molecule has 1 atom stereocenters. The van der Waals surface area contributed by atoms with E-state index in [2.05, 4.69) is 5.10 Å². The van der Waals surface area contributed by atoms with E-state index in [0.29, 0.717) is 72.1 Å². The number of β-amino-alcohol motifs (C(OH)–C–C–N with tert-alkyl or cyclic N) is 1. The van der Waals surface area contributed by atoms with Crippen LogP contribution in [-0.4, -0.2) is 41.2 Å². The number of benzene rings is 2. The van der Waals surface area contributed by atoms with Gasteiger partial charge in [-0.2, -0.15) is 23.0 Å². The van der Waals surface area contributed by atoms with Gasteiger partial charge in [-0.3, -0.25) is 4.79 Å². The van der Waals surface area contributed by atoms with Crippen molar-refractivity contribution in [2.24, 2.45) is 0 Å². The van der Waals surface area contributed by atoms with Crippen LogP contribution in [0.15, 0.2) is 41.2 Å². The third-order valence-corrected chi connectivity index (χ3v) is 6.92. The van der Waals surface area contributed by atoms with Gasteiger partial charge >= 0.3 is 6.18 Å². The predicted octanol–water partition coefficient (Wildman–Crippen LogP) is 4.64. The molecule has 1 aliphatic heterocycles. The molecule has 0 radical (unpaired) electrons. The van der Waals surface area contributed by atoms with E-state index in [9.17, 15) is 23.1 Å². The van der Waals surface area contributed by atoms with E-state index in [1.54, 1.807) is 23.1 Å². The highest BCUT2D eigenvalue weighted by molar-refractivity contribution is 6.32. The first-order valence-electron chi connectivity index (χ1n) is 11.3. The number of anilines is 1. The number of alkyl halides is 3. The van der Waals surface area contributed by atoms with Gasteiger partial charge in [0.05, 0.1) is 35.2 Å². The number of aromatic nitrogens is 2. The summed E-state index contributed by atoms with van der Waals surface area (Å²) in [6, 6.07) is 8.71. The molecule has 1 aliphatic carbocycles. The van der Waals surface area contributed by atoms with E-state index in [0.717, 1.165) is 16.3 Å². The molecular formula is C25H23ClF3N3O3. The quantitative estimate of drug-likeness (QED) is 0.559. The fourth-order valence-corrected chi connectivity index (χ4v) is 5.15. The second kappa shape index (κ2) is 8.87. The maximum Gasteiger partial charge on any atom is 0.418 e. The van der Waals surface area contributed by atoms with Gasteiger partial charge in [0.15, 0.2) is 0 Å². The average Bonchev–Trinajstić information content (AvgIpc) is 3.48. The van der Waals surface area contributed by atoms with Gasteiger partial charge in [0.2, 0.25) is 0 Å². The molecule has 0 spiro atoms. The third-order valence-electron chi connectivity index (χ3n) is 6.62. The highest BCUT2D eigenvalue weighted by Gasteiger charge is 2.36. The lowest BCUT2D eigenvalue weighted by Crippen LogP contribution is -2.29. The molecule has 0 unspecified atom stereocenters. The summed E-state index contributed by atoms with van der Waals surface area (Å²) in [6.45, 7) is 0.820. The summed E-state index contributed by atoms with van der Waals surface area (Å²) < 4.78 is 48.2. The Morgan fingerprint density at radius 1 is 1.14 bits per heavy atom. The molecule has 1 N–H and O–H groups in total. The molecule has 5 rings (SSSR count). The lowest BCUT2D eigenvalue weighted by molar-refractivity contribution is -0.137. The smallest absolute Gasteiger partial charge is 0.418 e. The molecule has 2 heterocycles. The summed E-state index contributed by atoms with van der Waals surface area (Å²) in [4.78, 5) is 15.2. The lowest BCUT2D eigenvalue weighted by Gasteiger charge is -2.22. The molecular weight excluding hydrogens is 483 g/mol. The van der Waals surface area contributed by atoms with Crippen LogP contribution in [0.4, 0.5) is 18.9 Å². The van der Waals surface area contributed by atoms with Gasteiger partial charge in [-0.25, -0.2) is 0 Å². The van der Waals surface area contributed by atoms with Crippen molar-refractivity contribution in [2.45, 2.75) is 38.0 Å². The number of hydrogen-bond donors (Lipinski definition) is 1. The molecule has 1 fully saturated rings. The average molecular weight is 506 g/mol. The van der Waals surface area contributed by atoms with Crippen molar-refractivity contribution in [3.8, 4) is 22.7 Å². The van der Waals surface area contributed by atoms with Gasteiger partial charge in [-0.1, -0.05) is 11.6 Å². The summed E-state index contributed by atoms with van der Waals surface area (Å²) in [7, 11) is 1.49. The van der Waals surface area contributed by atoms with Crippen LogP contribution in [0.25, 0.3) is 16.9 Å². The molecule has 2 aromatic carbocycles. The number of hydrogen-bond acceptors (Lipinski definition) is 5. The number of rotatable bonds is 4. The van der Waals surface area contributed by atoms with E-state index >= 15 is 0 Å². The third kappa shape index (κ3) is 4.27. The number of methoxy groups -OCH3 is 1. The van der Waals surface area contributed by atoms with Gasteiger partial charge in [-0.15, -0.1) is 0 Å². The maximum absolute atomic E-state index is 14.0. The van der Waals surface area contributed by atoms with Crippen molar-refractivity contribution in [2.75, 3.05) is 25.1 Å². The Labute approximate surface area is 204 Å². The Kier molecular flexibility index (Phi) is 6.01. The Morgan fingerprint density at radius 3 is 2.57 bits per heavy atom. The molecule has 3 aromatic rings. The van der Waals surface area contributed by atoms with Crippen molar-refractivity contribution < 1.29 is 23.0 Å². The second-order valence-electron chi connectivity index (χ2n) is 8.81. The molecule has 184 valence electrons. The van der Waals surface area contributed by atoms with Crippen LogP contribution in [0.1, 0.15) is 29.5 Å². The van der Waals surface area contributed by atoms with Crippen LogP contribution >= 0.6 is 11.6 Å². The molecule has 1 aromatic heterocycles. The normalized spacial score (nSPS) is 17.7. The summed E-state index contributed by atoms with van der Waals surface area (Å²) in [6.07, 6.45) is -2.93. The minimum atomic E-state index is -4.69. The topological polar surface area (TPSA) is 67.6 Å². The zero-order valence-corrected chi connectivity index (χ0v) is 19.7. The van der Waals surface area contributed by atoms with Gasteiger partial charge < -0.3 is 14.7 Å². The highest BCUT2D eigenvalue weighted by Crippen LogP contribution is 2.38. The van der Waals surface area contributed by atoms with Gasteiger partial charge in [0.1, 0.15) is 5.75 Å². The summed E-state index contributed by atoms with van der Waals surface area (Å²) in [5.41, 5.74) is 0.880. The van der Waals surface area contributed by atoms with Crippen LogP contribution in [0.5, 0.6) is 5.75 Å². The highest BCUT2D eigenvalue weighted by atomic mass is 35.5. The van der Waals surface area contributed by atoms with Crippen LogP contribution < -0.4 is 15.2 Å². The molecule has 10 heteroatoms. The molecule has 1 saturated heterocycles. The fourth-order valence-electron chi connectivity index (χ4n) is 4.89. The molecule has 0 saturated carbocycles. The standard InChI is InChI=1S/C25H23ClF3N3O3/c1-35-22-8-5-14(11-20(22)26)23-17-3-2-4-18(17)24(34)32(30-23)21-12-15(31-10-9-16(33)13-31)6-7-19(21)25(27,28)29/h5-8,11-12,16,33H,2-4,9-10,13H2,1H3/t16-/m0/s1. The minimum absolute atomic E-state index is 0.312. The van der Waals surface area contributed by atoms with E-state index < -0.39 is 23.4 Å². The van der Waals surface area contributed by atoms with E-state index in [1.165, 1.54) is 19.2 Å². The van der Waals surface area contributed by atoms with Gasteiger partial charge in [-0.05, 0) is 67.6 Å². The Balaban J connectivity index is 1.73. The van der Waals surface area contributed by atoms with Crippen molar-refractivity contribution in [1.29, 1.82) is 0 Å². The van der Waals surface area contributed by atoms with Crippen LogP contribution in [0.3, 0.4) is 0 Å². The van der Waals surface area contributed by atoms with Crippen LogP contribution in [-0.2, 0) is 19.0 Å². The van der Waals surface area contributed by atoms with Crippen molar-refractivity contribution in [1.82, 2.24) is 9.78 Å². The number of ether oxygens (including phenoxy) is 1. The number of nitrogens with zero attached hydrogens (tertiary/aromatic N) is 3.